The Bertz CT molecular complexity index is 602. The van der Waals surface area contributed by atoms with Crippen LogP contribution >= 0.6 is 11.6 Å². The topological polar surface area (TPSA) is 54.0 Å². The number of aryl methyl sites for hydroxylation is 1. The summed E-state index contributed by atoms with van der Waals surface area (Å²) in [6, 6.07) is 11.3. The standard InChI is InChI=1S/C16H18ClN3O/c1-12-10-13(17)5-6-15(12)19-9-7-16(21)20-11-14-4-2-3-8-18-14/h2-6,8,10,19H,7,9,11H2,1H3,(H,20,21). The third kappa shape index (κ3) is 5.08. The molecule has 110 valence electrons. The molecule has 0 unspecified atom stereocenters. The van der Waals surface area contributed by atoms with Crippen LogP contribution in [-0.2, 0) is 11.3 Å². The van der Waals surface area contributed by atoms with Gasteiger partial charge in [0.2, 0.25) is 5.91 Å². The van der Waals surface area contributed by atoms with Gasteiger partial charge >= 0.3 is 0 Å². The molecule has 0 saturated carbocycles. The number of halogens is 1. The van der Waals surface area contributed by atoms with Crippen LogP contribution in [0.3, 0.4) is 0 Å². The van der Waals surface area contributed by atoms with Gasteiger partial charge in [0.05, 0.1) is 12.2 Å². The Labute approximate surface area is 129 Å². The van der Waals surface area contributed by atoms with Crippen LogP contribution in [0.25, 0.3) is 0 Å². The molecule has 0 bridgehead atoms. The van der Waals surface area contributed by atoms with Crippen LogP contribution in [0.1, 0.15) is 17.7 Å². The number of amides is 1. The first-order chi connectivity index (χ1) is 10.1. The Morgan fingerprint density at radius 2 is 2.14 bits per heavy atom. The van der Waals surface area contributed by atoms with Gasteiger partial charge in [0, 0.05) is 29.9 Å². The number of hydrogen-bond acceptors (Lipinski definition) is 3. The second kappa shape index (κ2) is 7.64. The Hall–Kier alpha value is -2.07. The van der Waals surface area contributed by atoms with Gasteiger partial charge in [0.15, 0.2) is 0 Å². The lowest BCUT2D eigenvalue weighted by atomic mass is 10.2. The van der Waals surface area contributed by atoms with Crippen LogP contribution in [0.4, 0.5) is 5.69 Å². The number of anilines is 1. The van der Waals surface area contributed by atoms with E-state index in [1.54, 1.807) is 6.20 Å². The lowest BCUT2D eigenvalue weighted by molar-refractivity contribution is -0.121. The van der Waals surface area contributed by atoms with E-state index in [1.165, 1.54) is 0 Å². The average Bonchev–Trinajstić information content (AvgIpc) is 2.48. The van der Waals surface area contributed by atoms with Gasteiger partial charge in [-0.05, 0) is 42.8 Å². The normalized spacial score (nSPS) is 10.2. The molecule has 1 amide bonds. The lowest BCUT2D eigenvalue weighted by Crippen LogP contribution is -2.25. The van der Waals surface area contributed by atoms with Gasteiger partial charge in [0.1, 0.15) is 0 Å². The molecule has 1 aromatic carbocycles. The van der Waals surface area contributed by atoms with E-state index in [1.807, 2.05) is 43.3 Å². The minimum atomic E-state index is -0.000213. The second-order valence-electron chi connectivity index (χ2n) is 4.73. The fraction of sp³-hybridized carbons (Fsp3) is 0.250. The maximum atomic E-state index is 11.7. The highest BCUT2D eigenvalue weighted by Crippen LogP contribution is 2.19. The molecule has 0 radical (unpaired) electrons. The summed E-state index contributed by atoms with van der Waals surface area (Å²) >= 11 is 5.90. The quantitative estimate of drug-likeness (QED) is 0.862. The molecule has 4 nitrogen and oxygen atoms in total. The molecule has 1 aromatic heterocycles. The van der Waals surface area contributed by atoms with Gasteiger partial charge in [-0.3, -0.25) is 9.78 Å². The van der Waals surface area contributed by atoms with Crippen molar-refractivity contribution in [2.24, 2.45) is 0 Å². The summed E-state index contributed by atoms with van der Waals surface area (Å²) in [4.78, 5) is 15.9. The first kappa shape index (κ1) is 15.3. The molecule has 2 rings (SSSR count). The number of nitrogens with one attached hydrogen (secondary N) is 2. The summed E-state index contributed by atoms with van der Waals surface area (Å²) in [5.41, 5.74) is 2.92. The zero-order valence-corrected chi connectivity index (χ0v) is 12.7. The number of carbonyl (C=O) groups is 1. The maximum absolute atomic E-state index is 11.7. The average molecular weight is 304 g/mol. The number of pyridine rings is 1. The monoisotopic (exact) mass is 303 g/mol. The van der Waals surface area contributed by atoms with Crippen LogP contribution in [0.5, 0.6) is 0 Å². The van der Waals surface area contributed by atoms with Crippen LogP contribution < -0.4 is 10.6 Å². The van der Waals surface area contributed by atoms with Crippen molar-refractivity contribution in [1.82, 2.24) is 10.3 Å². The third-order valence-corrected chi connectivity index (χ3v) is 3.28. The smallest absolute Gasteiger partial charge is 0.222 e. The summed E-state index contributed by atoms with van der Waals surface area (Å²) < 4.78 is 0. The number of nitrogens with zero attached hydrogens (tertiary/aromatic N) is 1. The molecule has 0 fully saturated rings. The number of rotatable bonds is 6. The number of aromatic nitrogens is 1. The van der Waals surface area contributed by atoms with Gasteiger partial charge in [-0.2, -0.15) is 0 Å². The van der Waals surface area contributed by atoms with E-state index in [4.69, 9.17) is 11.6 Å². The molecule has 5 heteroatoms. The van der Waals surface area contributed by atoms with Gasteiger partial charge < -0.3 is 10.6 Å². The summed E-state index contributed by atoms with van der Waals surface area (Å²) in [7, 11) is 0. The Morgan fingerprint density at radius 3 is 2.86 bits per heavy atom. The minimum absolute atomic E-state index is 0.000213. The summed E-state index contributed by atoms with van der Waals surface area (Å²) in [5.74, 6) is -0.000213. The fourth-order valence-corrected chi connectivity index (χ4v) is 2.14. The largest absolute Gasteiger partial charge is 0.384 e. The van der Waals surface area contributed by atoms with Crippen molar-refractivity contribution in [2.75, 3.05) is 11.9 Å². The molecular formula is C16H18ClN3O. The summed E-state index contributed by atoms with van der Waals surface area (Å²) in [5, 5.41) is 6.79. The van der Waals surface area contributed by atoms with Gasteiger partial charge in [-0.25, -0.2) is 0 Å². The number of carbonyl (C=O) groups excluding carboxylic acids is 1. The second-order valence-corrected chi connectivity index (χ2v) is 5.17. The van der Waals surface area contributed by atoms with E-state index in [-0.39, 0.29) is 5.91 Å². The summed E-state index contributed by atoms with van der Waals surface area (Å²) in [6.45, 7) is 3.02. The Balaban J connectivity index is 1.72. The van der Waals surface area contributed by atoms with Crippen molar-refractivity contribution in [3.63, 3.8) is 0 Å². The molecule has 2 N–H and O–H groups in total. The third-order valence-electron chi connectivity index (χ3n) is 3.05. The summed E-state index contributed by atoms with van der Waals surface area (Å²) in [6.07, 6.45) is 2.13. The molecule has 0 atom stereocenters. The fourth-order valence-electron chi connectivity index (χ4n) is 1.92. The van der Waals surface area contributed by atoms with Crippen molar-refractivity contribution >= 4 is 23.2 Å². The SMILES string of the molecule is Cc1cc(Cl)ccc1NCCC(=O)NCc1ccccn1. The van der Waals surface area contributed by atoms with Crippen LogP contribution in [-0.4, -0.2) is 17.4 Å². The minimum Gasteiger partial charge on any atom is -0.384 e. The highest BCUT2D eigenvalue weighted by atomic mass is 35.5. The van der Waals surface area contributed by atoms with Crippen molar-refractivity contribution in [2.45, 2.75) is 19.9 Å². The van der Waals surface area contributed by atoms with Crippen LogP contribution in [0, 0.1) is 6.92 Å². The highest BCUT2D eigenvalue weighted by Gasteiger charge is 2.03. The predicted molar refractivity (Wildman–Crippen MR) is 85.4 cm³/mol. The molecule has 0 spiro atoms. The number of benzene rings is 1. The predicted octanol–water partition coefficient (Wildman–Crippen LogP) is 3.16. The van der Waals surface area contributed by atoms with Crippen LogP contribution in [0.15, 0.2) is 42.6 Å². The molecule has 0 aliphatic carbocycles. The van der Waals surface area contributed by atoms with Crippen LogP contribution in [0.2, 0.25) is 5.02 Å². The highest BCUT2D eigenvalue weighted by molar-refractivity contribution is 6.30. The number of hydrogen-bond donors (Lipinski definition) is 2. The van der Waals surface area contributed by atoms with E-state index in [9.17, 15) is 4.79 Å². The molecule has 0 aliphatic rings. The molecule has 2 aromatic rings. The zero-order chi connectivity index (χ0) is 15.1. The molecular weight excluding hydrogens is 286 g/mol. The van der Waals surface area contributed by atoms with E-state index >= 15 is 0 Å². The molecule has 21 heavy (non-hydrogen) atoms. The lowest BCUT2D eigenvalue weighted by Gasteiger charge is -2.10. The first-order valence-corrected chi connectivity index (χ1v) is 7.19. The van der Waals surface area contributed by atoms with Crippen molar-refractivity contribution in [3.05, 3.63) is 58.9 Å². The van der Waals surface area contributed by atoms with E-state index in [2.05, 4.69) is 15.6 Å². The van der Waals surface area contributed by atoms with Gasteiger partial charge in [-0.15, -0.1) is 0 Å². The van der Waals surface area contributed by atoms with Gasteiger partial charge in [-0.1, -0.05) is 17.7 Å². The Kier molecular flexibility index (Phi) is 5.58. The molecule has 0 aliphatic heterocycles. The van der Waals surface area contributed by atoms with Crippen molar-refractivity contribution in [3.8, 4) is 0 Å². The van der Waals surface area contributed by atoms with Crippen molar-refractivity contribution in [1.29, 1.82) is 0 Å². The van der Waals surface area contributed by atoms with Crippen molar-refractivity contribution < 1.29 is 4.79 Å². The van der Waals surface area contributed by atoms with E-state index in [0.717, 1.165) is 16.9 Å². The molecule has 1 heterocycles. The molecule has 0 saturated heterocycles. The van der Waals surface area contributed by atoms with E-state index in [0.29, 0.717) is 24.5 Å². The van der Waals surface area contributed by atoms with E-state index < -0.39 is 0 Å². The first-order valence-electron chi connectivity index (χ1n) is 6.82. The zero-order valence-electron chi connectivity index (χ0n) is 11.9. The van der Waals surface area contributed by atoms with Gasteiger partial charge in [0.25, 0.3) is 0 Å². The Morgan fingerprint density at radius 1 is 1.29 bits per heavy atom. The maximum Gasteiger partial charge on any atom is 0.222 e.